The van der Waals surface area contributed by atoms with Gasteiger partial charge in [-0.3, -0.25) is 0 Å². The zero-order valence-corrected chi connectivity index (χ0v) is 13.1. The van der Waals surface area contributed by atoms with Crippen molar-refractivity contribution in [2.24, 2.45) is 0 Å². The van der Waals surface area contributed by atoms with Crippen LogP contribution in [0.5, 0.6) is 0 Å². The van der Waals surface area contributed by atoms with E-state index >= 15 is 0 Å². The van der Waals surface area contributed by atoms with Gasteiger partial charge in [-0.2, -0.15) is 11.8 Å². The van der Waals surface area contributed by atoms with E-state index in [-0.39, 0.29) is 0 Å². The molecule has 1 aromatic rings. The van der Waals surface area contributed by atoms with Crippen LogP contribution in [0.3, 0.4) is 0 Å². The Morgan fingerprint density at radius 3 is 2.90 bits per heavy atom. The number of rotatable bonds is 5. The predicted octanol–water partition coefficient (Wildman–Crippen LogP) is 3.44. The molecule has 1 aromatic carbocycles. The highest BCUT2D eigenvalue weighted by atomic mass is 32.2. The number of hydrogen-bond acceptors (Lipinski definition) is 3. The molecule has 2 nitrogen and oxygen atoms in total. The number of thioether (sulfide) groups is 1. The molecule has 3 heteroatoms. The van der Waals surface area contributed by atoms with Crippen LogP contribution in [0, 0.1) is 0 Å². The van der Waals surface area contributed by atoms with Gasteiger partial charge in [-0.25, -0.2) is 0 Å². The first-order valence-corrected chi connectivity index (χ1v) is 9.20. The molecule has 1 N–H and O–H groups in total. The van der Waals surface area contributed by atoms with Gasteiger partial charge in [-0.15, -0.1) is 0 Å². The molecule has 2 heterocycles. The number of likely N-dealkylation sites (tertiary alicyclic amines) is 1. The number of hydrogen-bond donors (Lipinski definition) is 1. The minimum atomic E-state index is 0.561. The first-order chi connectivity index (χ1) is 9.93. The third-order valence-corrected chi connectivity index (χ3v) is 5.55. The maximum absolute atomic E-state index is 3.77. The molecule has 3 rings (SSSR count). The molecule has 0 saturated carbocycles. The molecular formula is C17H26N2S. The Labute approximate surface area is 127 Å². The average molecular weight is 290 g/mol. The normalized spacial score (nSPS) is 23.5. The summed E-state index contributed by atoms with van der Waals surface area (Å²) in [5.74, 6) is 2.41. The monoisotopic (exact) mass is 290 g/mol. The Balaban J connectivity index is 1.43. The second-order valence-corrected chi connectivity index (χ2v) is 7.01. The molecule has 0 amide bonds. The standard InChI is InChI=1S/C17H26N2S/c1-4-10-19(11-5-1)12-6-9-18-17-14-20-13-15-7-2-3-8-16(15)17/h2-3,7-8,17-18H,1,4-6,9-14H2. The quantitative estimate of drug-likeness (QED) is 0.836. The number of piperidine rings is 1. The van der Waals surface area contributed by atoms with Crippen molar-refractivity contribution in [2.45, 2.75) is 37.5 Å². The number of nitrogens with one attached hydrogen (secondary N) is 1. The summed E-state index contributed by atoms with van der Waals surface area (Å²) >= 11 is 2.06. The van der Waals surface area contributed by atoms with Crippen LogP contribution < -0.4 is 5.32 Å². The van der Waals surface area contributed by atoms with Crippen LogP contribution in [0.25, 0.3) is 0 Å². The molecular weight excluding hydrogens is 264 g/mol. The topological polar surface area (TPSA) is 15.3 Å². The maximum atomic E-state index is 3.77. The predicted molar refractivity (Wildman–Crippen MR) is 88.3 cm³/mol. The summed E-state index contributed by atoms with van der Waals surface area (Å²) in [4.78, 5) is 2.63. The zero-order chi connectivity index (χ0) is 13.6. The Hall–Kier alpha value is -0.510. The second-order valence-electron chi connectivity index (χ2n) is 5.98. The highest BCUT2D eigenvalue weighted by Crippen LogP contribution is 2.31. The lowest BCUT2D eigenvalue weighted by atomic mass is 10.0. The Bertz CT molecular complexity index is 415. The maximum Gasteiger partial charge on any atom is 0.0415 e. The van der Waals surface area contributed by atoms with E-state index in [1.807, 2.05) is 0 Å². The molecule has 0 aliphatic carbocycles. The fourth-order valence-electron chi connectivity index (χ4n) is 3.31. The molecule has 1 saturated heterocycles. The van der Waals surface area contributed by atoms with Crippen LogP contribution in [0.15, 0.2) is 24.3 Å². The average Bonchev–Trinajstić information content (AvgIpc) is 2.53. The number of nitrogens with zero attached hydrogens (tertiary/aromatic N) is 1. The van der Waals surface area contributed by atoms with Gasteiger partial charge in [0.05, 0.1) is 0 Å². The van der Waals surface area contributed by atoms with Crippen molar-refractivity contribution in [3.05, 3.63) is 35.4 Å². The van der Waals surface area contributed by atoms with E-state index in [9.17, 15) is 0 Å². The van der Waals surface area contributed by atoms with Gasteiger partial charge in [0, 0.05) is 17.5 Å². The lowest BCUT2D eigenvalue weighted by Crippen LogP contribution is -2.33. The summed E-state index contributed by atoms with van der Waals surface area (Å²) in [6, 6.07) is 9.49. The summed E-state index contributed by atoms with van der Waals surface area (Å²) in [5, 5.41) is 3.77. The van der Waals surface area contributed by atoms with E-state index in [0.717, 1.165) is 6.54 Å². The third kappa shape index (κ3) is 3.78. The largest absolute Gasteiger partial charge is 0.309 e. The summed E-state index contributed by atoms with van der Waals surface area (Å²) in [5.41, 5.74) is 3.06. The molecule has 20 heavy (non-hydrogen) atoms. The van der Waals surface area contributed by atoms with Crippen LogP contribution in [0.1, 0.15) is 42.9 Å². The lowest BCUT2D eigenvalue weighted by Gasteiger charge is -2.28. The van der Waals surface area contributed by atoms with Crippen LogP contribution >= 0.6 is 11.8 Å². The number of benzene rings is 1. The SMILES string of the molecule is c1ccc2c(c1)CSCC2NCCCN1CCCCC1. The lowest BCUT2D eigenvalue weighted by molar-refractivity contribution is 0.225. The summed E-state index contributed by atoms with van der Waals surface area (Å²) < 4.78 is 0. The van der Waals surface area contributed by atoms with E-state index < -0.39 is 0 Å². The van der Waals surface area contributed by atoms with Gasteiger partial charge in [0.1, 0.15) is 0 Å². The molecule has 1 fully saturated rings. The van der Waals surface area contributed by atoms with Gasteiger partial charge in [0.25, 0.3) is 0 Å². The van der Waals surface area contributed by atoms with Crippen molar-refractivity contribution >= 4 is 11.8 Å². The minimum absolute atomic E-state index is 0.561. The highest BCUT2D eigenvalue weighted by molar-refractivity contribution is 7.98. The molecule has 0 aromatic heterocycles. The van der Waals surface area contributed by atoms with Crippen molar-refractivity contribution in [2.75, 3.05) is 31.9 Å². The number of fused-ring (bicyclic) bond motifs is 1. The van der Waals surface area contributed by atoms with Crippen molar-refractivity contribution in [3.63, 3.8) is 0 Å². The van der Waals surface area contributed by atoms with E-state index in [1.54, 1.807) is 0 Å². The second kappa shape index (κ2) is 7.48. The molecule has 2 aliphatic rings. The van der Waals surface area contributed by atoms with E-state index in [0.29, 0.717) is 6.04 Å². The summed E-state index contributed by atoms with van der Waals surface area (Å²) in [6.07, 6.45) is 5.52. The Morgan fingerprint density at radius 2 is 2.00 bits per heavy atom. The van der Waals surface area contributed by atoms with Gasteiger partial charge in [-0.05, 0) is 56.6 Å². The summed E-state index contributed by atoms with van der Waals surface area (Å²) in [7, 11) is 0. The van der Waals surface area contributed by atoms with Crippen molar-refractivity contribution in [1.29, 1.82) is 0 Å². The van der Waals surface area contributed by atoms with E-state index in [1.165, 1.54) is 68.0 Å². The van der Waals surface area contributed by atoms with Gasteiger partial charge in [-0.1, -0.05) is 30.7 Å². The molecule has 0 radical (unpaired) electrons. The van der Waals surface area contributed by atoms with Crippen LogP contribution in [-0.2, 0) is 5.75 Å². The molecule has 1 atom stereocenters. The summed E-state index contributed by atoms with van der Waals surface area (Å²) in [6.45, 7) is 5.06. The molecule has 0 spiro atoms. The van der Waals surface area contributed by atoms with Gasteiger partial charge < -0.3 is 10.2 Å². The fourth-order valence-corrected chi connectivity index (χ4v) is 4.45. The third-order valence-electron chi connectivity index (χ3n) is 4.46. The zero-order valence-electron chi connectivity index (χ0n) is 12.3. The molecule has 0 bridgehead atoms. The molecule has 1 unspecified atom stereocenters. The van der Waals surface area contributed by atoms with Crippen molar-refractivity contribution in [3.8, 4) is 0 Å². The molecule has 110 valence electrons. The van der Waals surface area contributed by atoms with Crippen LogP contribution in [0.2, 0.25) is 0 Å². The highest BCUT2D eigenvalue weighted by Gasteiger charge is 2.19. The van der Waals surface area contributed by atoms with Crippen LogP contribution in [-0.4, -0.2) is 36.8 Å². The van der Waals surface area contributed by atoms with Crippen LogP contribution in [0.4, 0.5) is 0 Å². The van der Waals surface area contributed by atoms with Crippen molar-refractivity contribution in [1.82, 2.24) is 10.2 Å². The molecule has 2 aliphatic heterocycles. The van der Waals surface area contributed by atoms with Gasteiger partial charge >= 0.3 is 0 Å². The van der Waals surface area contributed by atoms with Gasteiger partial charge in [0.2, 0.25) is 0 Å². The van der Waals surface area contributed by atoms with Crippen molar-refractivity contribution < 1.29 is 0 Å². The Kier molecular flexibility index (Phi) is 5.40. The van der Waals surface area contributed by atoms with E-state index in [2.05, 4.69) is 46.2 Å². The minimum Gasteiger partial charge on any atom is -0.309 e. The fraction of sp³-hybridized carbons (Fsp3) is 0.647. The first kappa shape index (κ1) is 14.4. The van der Waals surface area contributed by atoms with Gasteiger partial charge in [0.15, 0.2) is 0 Å². The Morgan fingerprint density at radius 1 is 1.15 bits per heavy atom. The van der Waals surface area contributed by atoms with E-state index in [4.69, 9.17) is 0 Å². The smallest absolute Gasteiger partial charge is 0.0415 e. The first-order valence-electron chi connectivity index (χ1n) is 8.05.